The predicted molar refractivity (Wildman–Crippen MR) is 90.7 cm³/mol. The summed E-state index contributed by atoms with van der Waals surface area (Å²) in [5.74, 6) is 0.783. The predicted octanol–water partition coefficient (Wildman–Crippen LogP) is 1.88. The highest BCUT2D eigenvalue weighted by atomic mass is 32.2. The number of aromatic nitrogens is 2. The maximum atomic E-state index is 12.4. The van der Waals surface area contributed by atoms with Crippen LogP contribution in [-0.2, 0) is 10.5 Å². The number of likely N-dealkylation sites (N-methyl/N-ethyl adjacent to an activating group) is 1. The average Bonchev–Trinajstić information content (AvgIpc) is 2.97. The van der Waals surface area contributed by atoms with Crippen LogP contribution in [0.2, 0.25) is 0 Å². The highest BCUT2D eigenvalue weighted by molar-refractivity contribution is 7.98. The molecule has 0 fully saturated rings. The van der Waals surface area contributed by atoms with Crippen molar-refractivity contribution in [2.24, 2.45) is 0 Å². The van der Waals surface area contributed by atoms with E-state index in [2.05, 4.69) is 15.5 Å². The summed E-state index contributed by atoms with van der Waals surface area (Å²) in [7, 11) is 3.30. The first kappa shape index (κ1) is 18.0. The van der Waals surface area contributed by atoms with Crippen LogP contribution in [0.1, 0.15) is 28.7 Å². The van der Waals surface area contributed by atoms with Gasteiger partial charge >= 0.3 is 0 Å². The van der Waals surface area contributed by atoms with Crippen molar-refractivity contribution in [1.82, 2.24) is 20.4 Å². The summed E-state index contributed by atoms with van der Waals surface area (Å²) < 4.78 is 5.03. The lowest BCUT2D eigenvalue weighted by Gasteiger charge is -2.18. The lowest BCUT2D eigenvalue weighted by Crippen LogP contribution is -2.44. The number of nitrogens with zero attached hydrogens (tertiary/aromatic N) is 3. The van der Waals surface area contributed by atoms with Gasteiger partial charge in [0.25, 0.3) is 5.91 Å². The van der Waals surface area contributed by atoms with Crippen LogP contribution in [0, 0.1) is 6.92 Å². The molecule has 128 valence electrons. The minimum atomic E-state index is -0.608. The standard InChI is InChI=1S/C16H20N4O3S/c1-10-8-12(19-23-10)9-24-15-13(6-5-7-17-15)14(21)18-11(2)16(22)20(3)4/h5-8,11H,9H2,1-4H3,(H,18,21). The second kappa shape index (κ2) is 7.96. The van der Waals surface area contributed by atoms with Gasteiger partial charge in [0.15, 0.2) is 0 Å². The zero-order valence-corrected chi connectivity index (χ0v) is 14.9. The summed E-state index contributed by atoms with van der Waals surface area (Å²) in [5.41, 5.74) is 1.21. The maximum absolute atomic E-state index is 12.4. The summed E-state index contributed by atoms with van der Waals surface area (Å²) in [6.45, 7) is 3.48. The molecule has 2 aromatic heterocycles. The molecule has 0 saturated heterocycles. The van der Waals surface area contributed by atoms with Gasteiger partial charge in [0.05, 0.1) is 11.3 Å². The largest absolute Gasteiger partial charge is 0.361 e. The number of hydrogen-bond donors (Lipinski definition) is 1. The van der Waals surface area contributed by atoms with Gasteiger partial charge in [0.2, 0.25) is 5.91 Å². The van der Waals surface area contributed by atoms with E-state index in [0.29, 0.717) is 16.3 Å². The van der Waals surface area contributed by atoms with Crippen molar-refractivity contribution in [3.8, 4) is 0 Å². The molecule has 0 bridgehead atoms. The number of carbonyl (C=O) groups excluding carboxylic acids is 2. The maximum Gasteiger partial charge on any atom is 0.254 e. The van der Waals surface area contributed by atoms with Gasteiger partial charge in [0, 0.05) is 32.1 Å². The molecule has 24 heavy (non-hydrogen) atoms. The Bertz CT molecular complexity index is 730. The summed E-state index contributed by atoms with van der Waals surface area (Å²) >= 11 is 1.39. The number of hydrogen-bond acceptors (Lipinski definition) is 6. The molecule has 2 aromatic rings. The molecule has 2 amide bonds. The van der Waals surface area contributed by atoms with Gasteiger partial charge in [-0.1, -0.05) is 16.9 Å². The van der Waals surface area contributed by atoms with Crippen LogP contribution >= 0.6 is 11.8 Å². The lowest BCUT2D eigenvalue weighted by molar-refractivity contribution is -0.130. The van der Waals surface area contributed by atoms with E-state index < -0.39 is 6.04 Å². The van der Waals surface area contributed by atoms with Gasteiger partial charge in [-0.05, 0) is 26.0 Å². The van der Waals surface area contributed by atoms with Crippen LogP contribution in [0.5, 0.6) is 0 Å². The lowest BCUT2D eigenvalue weighted by atomic mass is 10.2. The van der Waals surface area contributed by atoms with Crippen LogP contribution < -0.4 is 5.32 Å². The van der Waals surface area contributed by atoms with Crippen LogP contribution in [0.4, 0.5) is 0 Å². The normalized spacial score (nSPS) is 11.8. The van der Waals surface area contributed by atoms with Crippen LogP contribution in [0.3, 0.4) is 0 Å². The molecule has 0 aromatic carbocycles. The van der Waals surface area contributed by atoms with E-state index in [9.17, 15) is 9.59 Å². The number of amides is 2. The van der Waals surface area contributed by atoms with Crippen molar-refractivity contribution in [3.63, 3.8) is 0 Å². The summed E-state index contributed by atoms with van der Waals surface area (Å²) in [5, 5.41) is 7.21. The van der Waals surface area contributed by atoms with Crippen LogP contribution in [-0.4, -0.2) is 47.0 Å². The second-order valence-corrected chi connectivity index (χ2v) is 6.47. The van der Waals surface area contributed by atoms with Crippen molar-refractivity contribution in [2.45, 2.75) is 30.7 Å². The van der Waals surface area contributed by atoms with Gasteiger partial charge in [-0.25, -0.2) is 4.98 Å². The number of thioether (sulfide) groups is 1. The highest BCUT2D eigenvalue weighted by Gasteiger charge is 2.20. The Morgan fingerprint density at radius 3 is 2.79 bits per heavy atom. The molecule has 0 saturated carbocycles. The summed E-state index contributed by atoms with van der Waals surface area (Å²) in [4.78, 5) is 30.0. The molecule has 7 nitrogen and oxygen atoms in total. The molecular formula is C16H20N4O3S. The molecule has 1 unspecified atom stereocenters. The molecule has 1 N–H and O–H groups in total. The number of nitrogens with one attached hydrogen (secondary N) is 1. The minimum Gasteiger partial charge on any atom is -0.361 e. The number of carbonyl (C=O) groups is 2. The Balaban J connectivity index is 2.07. The van der Waals surface area contributed by atoms with Crippen molar-refractivity contribution in [2.75, 3.05) is 14.1 Å². The first-order valence-electron chi connectivity index (χ1n) is 7.40. The highest BCUT2D eigenvalue weighted by Crippen LogP contribution is 2.24. The van der Waals surface area contributed by atoms with Gasteiger partial charge in [-0.2, -0.15) is 0 Å². The molecule has 0 aliphatic rings. The van der Waals surface area contributed by atoms with Crippen molar-refractivity contribution >= 4 is 23.6 Å². The monoisotopic (exact) mass is 348 g/mol. The molecule has 8 heteroatoms. The van der Waals surface area contributed by atoms with Gasteiger partial charge in [-0.3, -0.25) is 9.59 Å². The van der Waals surface area contributed by atoms with E-state index in [1.54, 1.807) is 39.3 Å². The first-order valence-corrected chi connectivity index (χ1v) is 8.39. The fraction of sp³-hybridized carbons (Fsp3) is 0.375. The SMILES string of the molecule is Cc1cc(CSc2ncccc2C(=O)NC(C)C(=O)N(C)C)no1. The molecule has 2 heterocycles. The van der Waals surface area contributed by atoms with E-state index in [1.807, 2.05) is 13.0 Å². The Hall–Kier alpha value is -2.35. The molecule has 1 atom stereocenters. The van der Waals surface area contributed by atoms with Crippen molar-refractivity contribution in [1.29, 1.82) is 0 Å². The first-order chi connectivity index (χ1) is 11.4. The third kappa shape index (κ3) is 4.58. The van der Waals surface area contributed by atoms with E-state index in [-0.39, 0.29) is 11.8 Å². The average molecular weight is 348 g/mol. The van der Waals surface area contributed by atoms with E-state index >= 15 is 0 Å². The second-order valence-electron chi connectivity index (χ2n) is 5.50. The van der Waals surface area contributed by atoms with E-state index in [4.69, 9.17) is 4.52 Å². The topological polar surface area (TPSA) is 88.3 Å². The molecule has 0 aliphatic carbocycles. The Morgan fingerprint density at radius 2 is 2.17 bits per heavy atom. The number of rotatable bonds is 6. The van der Waals surface area contributed by atoms with Crippen LogP contribution in [0.15, 0.2) is 33.9 Å². The molecule has 0 aliphatic heterocycles. The Labute approximate surface area is 144 Å². The van der Waals surface area contributed by atoms with E-state index in [0.717, 1.165) is 11.5 Å². The smallest absolute Gasteiger partial charge is 0.254 e. The van der Waals surface area contributed by atoms with Gasteiger partial charge < -0.3 is 14.7 Å². The van der Waals surface area contributed by atoms with Crippen LogP contribution in [0.25, 0.3) is 0 Å². The van der Waals surface area contributed by atoms with Crippen molar-refractivity contribution in [3.05, 3.63) is 41.4 Å². The zero-order chi connectivity index (χ0) is 17.7. The quantitative estimate of drug-likeness (QED) is 0.802. The number of pyridine rings is 1. The minimum absolute atomic E-state index is 0.167. The molecule has 0 radical (unpaired) electrons. The summed E-state index contributed by atoms with van der Waals surface area (Å²) in [6, 6.07) is 4.61. The molecule has 0 spiro atoms. The third-order valence-electron chi connectivity index (χ3n) is 3.21. The fourth-order valence-electron chi connectivity index (χ4n) is 2.03. The zero-order valence-electron chi connectivity index (χ0n) is 14.1. The number of aryl methyl sites for hydroxylation is 1. The van der Waals surface area contributed by atoms with Gasteiger partial charge in [-0.15, -0.1) is 0 Å². The summed E-state index contributed by atoms with van der Waals surface area (Å²) in [6.07, 6.45) is 1.63. The fourth-order valence-corrected chi connectivity index (χ4v) is 2.90. The third-order valence-corrected chi connectivity index (χ3v) is 4.25. The van der Waals surface area contributed by atoms with Crippen molar-refractivity contribution < 1.29 is 14.1 Å². The Morgan fingerprint density at radius 1 is 1.42 bits per heavy atom. The molecule has 2 rings (SSSR count). The van der Waals surface area contributed by atoms with Gasteiger partial charge in [0.1, 0.15) is 16.8 Å². The molecular weight excluding hydrogens is 328 g/mol. The van der Waals surface area contributed by atoms with E-state index in [1.165, 1.54) is 16.7 Å². The Kier molecular flexibility index (Phi) is 5.97.